The number of hydrogen-bond acceptors (Lipinski definition) is 3. The molecule has 0 bridgehead atoms. The van der Waals surface area contributed by atoms with Crippen LogP contribution >= 0.6 is 0 Å². The summed E-state index contributed by atoms with van der Waals surface area (Å²) in [5.41, 5.74) is 1.21. The van der Waals surface area contributed by atoms with Crippen molar-refractivity contribution in [2.75, 3.05) is 26.2 Å². The summed E-state index contributed by atoms with van der Waals surface area (Å²) in [4.78, 5) is 17.9. The minimum atomic E-state index is -0.0520. The highest BCUT2D eigenvalue weighted by Gasteiger charge is 2.30. The van der Waals surface area contributed by atoms with Gasteiger partial charge in [-0.2, -0.15) is 0 Å². The lowest BCUT2D eigenvalue weighted by molar-refractivity contribution is -0.127. The van der Waals surface area contributed by atoms with Crippen LogP contribution in [0.15, 0.2) is 30.3 Å². The van der Waals surface area contributed by atoms with Crippen molar-refractivity contribution in [3.05, 3.63) is 35.9 Å². The molecule has 1 saturated carbocycles. The Morgan fingerprint density at radius 1 is 1.12 bits per heavy atom. The number of nitrogens with one attached hydrogen (secondary N) is 1. The number of piperazine rings is 1. The molecule has 0 spiro atoms. The summed E-state index contributed by atoms with van der Waals surface area (Å²) in [6.45, 7) is 8.48. The lowest BCUT2D eigenvalue weighted by Gasteiger charge is -2.40. The molecule has 1 aromatic rings. The molecule has 1 aliphatic heterocycles. The van der Waals surface area contributed by atoms with Crippen LogP contribution in [-0.4, -0.2) is 54.0 Å². The quantitative estimate of drug-likeness (QED) is 0.810. The van der Waals surface area contributed by atoms with Crippen LogP contribution < -0.4 is 5.32 Å². The molecule has 1 saturated heterocycles. The molecule has 0 aromatic heterocycles. The number of rotatable bonds is 7. The van der Waals surface area contributed by atoms with Crippen molar-refractivity contribution in [1.29, 1.82) is 0 Å². The summed E-state index contributed by atoms with van der Waals surface area (Å²) < 4.78 is 0. The summed E-state index contributed by atoms with van der Waals surface area (Å²) in [5.74, 6) is 0.168. The van der Waals surface area contributed by atoms with Gasteiger partial charge < -0.3 is 5.32 Å². The topological polar surface area (TPSA) is 35.6 Å². The van der Waals surface area contributed by atoms with Crippen LogP contribution in [-0.2, 0) is 4.79 Å². The van der Waals surface area contributed by atoms with Gasteiger partial charge in [0.25, 0.3) is 0 Å². The zero-order valence-corrected chi connectivity index (χ0v) is 16.5. The number of benzene rings is 1. The third kappa shape index (κ3) is 4.86. The fourth-order valence-electron chi connectivity index (χ4n) is 4.51. The van der Waals surface area contributed by atoms with Gasteiger partial charge in [-0.3, -0.25) is 14.6 Å². The van der Waals surface area contributed by atoms with E-state index in [0.29, 0.717) is 0 Å². The monoisotopic (exact) mass is 357 g/mol. The predicted molar refractivity (Wildman–Crippen MR) is 107 cm³/mol. The van der Waals surface area contributed by atoms with Gasteiger partial charge in [-0.1, -0.05) is 56.5 Å². The second-order valence-electron chi connectivity index (χ2n) is 7.95. The van der Waals surface area contributed by atoms with Gasteiger partial charge in [-0.05, 0) is 31.7 Å². The molecule has 1 amide bonds. The van der Waals surface area contributed by atoms with E-state index in [1.54, 1.807) is 0 Å². The molecule has 26 heavy (non-hydrogen) atoms. The molecule has 0 radical (unpaired) electrons. The minimum absolute atomic E-state index is 0.0520. The molecule has 1 aliphatic carbocycles. The van der Waals surface area contributed by atoms with E-state index in [2.05, 4.69) is 53.2 Å². The summed E-state index contributed by atoms with van der Waals surface area (Å²) in [7, 11) is 0. The Kier molecular flexibility index (Phi) is 7.09. The zero-order valence-electron chi connectivity index (χ0n) is 16.5. The molecule has 2 fully saturated rings. The van der Waals surface area contributed by atoms with Gasteiger partial charge in [-0.15, -0.1) is 0 Å². The van der Waals surface area contributed by atoms with Crippen LogP contribution in [0.25, 0.3) is 0 Å². The van der Waals surface area contributed by atoms with Crippen LogP contribution in [0.2, 0.25) is 0 Å². The van der Waals surface area contributed by atoms with Crippen molar-refractivity contribution in [3.63, 3.8) is 0 Å². The Bertz CT molecular complexity index is 548. The van der Waals surface area contributed by atoms with Gasteiger partial charge in [0.2, 0.25) is 5.91 Å². The van der Waals surface area contributed by atoms with Gasteiger partial charge in [0.1, 0.15) is 0 Å². The molecule has 1 heterocycles. The van der Waals surface area contributed by atoms with E-state index in [1.807, 2.05) is 6.07 Å². The molecular weight excluding hydrogens is 322 g/mol. The number of carbonyl (C=O) groups is 1. The first-order valence-electron chi connectivity index (χ1n) is 10.5. The van der Waals surface area contributed by atoms with Gasteiger partial charge in [0.05, 0.1) is 12.1 Å². The number of carbonyl (C=O) groups excluding carboxylic acids is 1. The van der Waals surface area contributed by atoms with E-state index in [-0.39, 0.29) is 18.0 Å². The van der Waals surface area contributed by atoms with Gasteiger partial charge in [0, 0.05) is 32.2 Å². The second kappa shape index (κ2) is 9.52. The first kappa shape index (κ1) is 19.4. The van der Waals surface area contributed by atoms with Crippen LogP contribution in [0.5, 0.6) is 0 Å². The number of nitrogens with zero attached hydrogens (tertiary/aromatic N) is 2. The van der Waals surface area contributed by atoms with Crippen molar-refractivity contribution in [2.45, 2.75) is 70.5 Å². The van der Waals surface area contributed by atoms with E-state index in [1.165, 1.54) is 31.2 Å². The lowest BCUT2D eigenvalue weighted by Crippen LogP contribution is -2.55. The van der Waals surface area contributed by atoms with Crippen molar-refractivity contribution in [1.82, 2.24) is 15.1 Å². The molecule has 4 heteroatoms. The molecule has 144 valence electrons. The predicted octanol–water partition coefficient (Wildman–Crippen LogP) is 3.59. The Morgan fingerprint density at radius 2 is 1.77 bits per heavy atom. The van der Waals surface area contributed by atoms with Crippen LogP contribution in [0.4, 0.5) is 0 Å². The largest absolute Gasteiger partial charge is 0.348 e. The van der Waals surface area contributed by atoms with Crippen LogP contribution in [0, 0.1) is 0 Å². The summed E-state index contributed by atoms with van der Waals surface area (Å²) in [6, 6.07) is 11.2. The smallest absolute Gasteiger partial charge is 0.237 e. The highest BCUT2D eigenvalue weighted by Crippen LogP contribution is 2.25. The molecular formula is C22H35N3O. The highest BCUT2D eigenvalue weighted by atomic mass is 16.2. The molecule has 1 aromatic carbocycles. The average molecular weight is 358 g/mol. The van der Waals surface area contributed by atoms with E-state index >= 15 is 0 Å². The zero-order chi connectivity index (χ0) is 18.4. The summed E-state index contributed by atoms with van der Waals surface area (Å²) in [5, 5.41) is 3.30. The van der Waals surface area contributed by atoms with Crippen molar-refractivity contribution < 1.29 is 4.79 Å². The molecule has 1 N–H and O–H groups in total. The Hall–Kier alpha value is -1.39. The molecule has 3 rings (SSSR count). The maximum Gasteiger partial charge on any atom is 0.237 e. The molecule has 4 nitrogen and oxygen atoms in total. The first-order valence-corrected chi connectivity index (χ1v) is 10.5. The third-order valence-electron chi connectivity index (χ3n) is 6.21. The van der Waals surface area contributed by atoms with Gasteiger partial charge in [-0.25, -0.2) is 0 Å². The van der Waals surface area contributed by atoms with Crippen molar-refractivity contribution >= 4 is 5.91 Å². The Labute approximate surface area is 158 Å². The summed E-state index contributed by atoms with van der Waals surface area (Å²) >= 11 is 0. The lowest BCUT2D eigenvalue weighted by atomic mass is 10.0. The first-order chi connectivity index (χ1) is 12.7. The SMILES string of the molecule is CCCC(NC(=O)C(C)N1CCN(C2CCCC2)CC1)c1ccccc1. The van der Waals surface area contributed by atoms with Crippen LogP contribution in [0.1, 0.15) is 64.0 Å². The fraction of sp³-hybridized carbons (Fsp3) is 0.682. The standard InChI is InChI=1S/C22H35N3O/c1-3-9-21(19-10-5-4-6-11-19)23-22(26)18(2)24-14-16-25(17-15-24)20-12-7-8-13-20/h4-6,10-11,18,20-21H,3,7-9,12-17H2,1-2H3,(H,23,26). The van der Waals surface area contributed by atoms with E-state index in [4.69, 9.17) is 0 Å². The van der Waals surface area contributed by atoms with Crippen molar-refractivity contribution in [3.8, 4) is 0 Å². The molecule has 2 unspecified atom stereocenters. The number of amides is 1. The molecule has 2 atom stereocenters. The average Bonchev–Trinajstić information content (AvgIpc) is 3.22. The van der Waals surface area contributed by atoms with E-state index in [9.17, 15) is 4.79 Å². The Balaban J connectivity index is 1.52. The number of hydrogen-bond donors (Lipinski definition) is 1. The minimum Gasteiger partial charge on any atom is -0.348 e. The maximum atomic E-state index is 12.9. The molecule has 2 aliphatic rings. The van der Waals surface area contributed by atoms with Crippen molar-refractivity contribution in [2.24, 2.45) is 0 Å². The fourth-order valence-corrected chi connectivity index (χ4v) is 4.51. The van der Waals surface area contributed by atoms with E-state index < -0.39 is 0 Å². The normalized spacial score (nSPS) is 22.2. The highest BCUT2D eigenvalue weighted by molar-refractivity contribution is 5.81. The van der Waals surface area contributed by atoms with Crippen LogP contribution in [0.3, 0.4) is 0 Å². The summed E-state index contributed by atoms with van der Waals surface area (Å²) in [6.07, 6.45) is 7.56. The second-order valence-corrected chi connectivity index (χ2v) is 7.95. The third-order valence-corrected chi connectivity index (χ3v) is 6.21. The van der Waals surface area contributed by atoms with Gasteiger partial charge in [0.15, 0.2) is 0 Å². The van der Waals surface area contributed by atoms with E-state index in [0.717, 1.165) is 45.1 Å². The maximum absolute atomic E-state index is 12.9. The van der Waals surface area contributed by atoms with Gasteiger partial charge >= 0.3 is 0 Å². The Morgan fingerprint density at radius 3 is 2.38 bits per heavy atom.